The molecule has 4 aromatic rings. The molecule has 8 nitrogen and oxygen atoms in total. The topological polar surface area (TPSA) is 84.6 Å². The molecule has 1 atom stereocenters. The van der Waals surface area contributed by atoms with Crippen LogP contribution >= 0.6 is 11.8 Å². The lowest BCUT2D eigenvalue weighted by Crippen LogP contribution is -2.36. The number of alkyl halides is 3. The summed E-state index contributed by atoms with van der Waals surface area (Å²) >= 11 is 1.63. The van der Waals surface area contributed by atoms with E-state index in [2.05, 4.69) is 69.9 Å². The van der Waals surface area contributed by atoms with Crippen LogP contribution in [0.4, 0.5) is 23.7 Å². The number of aromatic nitrogens is 3. The molecule has 1 N–H and O–H groups in total. The van der Waals surface area contributed by atoms with Gasteiger partial charge in [-0.2, -0.15) is 4.99 Å². The van der Waals surface area contributed by atoms with Crippen LogP contribution in [0.15, 0.2) is 72.0 Å². The van der Waals surface area contributed by atoms with Crippen molar-refractivity contribution in [2.75, 3.05) is 23.7 Å². The maximum Gasteiger partial charge on any atom is 0.573 e. The fourth-order valence-electron chi connectivity index (χ4n) is 5.64. The second-order valence-corrected chi connectivity index (χ2v) is 12.5. The highest BCUT2D eigenvalue weighted by atomic mass is 32.2. The summed E-state index contributed by atoms with van der Waals surface area (Å²) in [6, 6.07) is 17.4. The molecule has 0 spiro atoms. The van der Waals surface area contributed by atoms with Gasteiger partial charge in [0.15, 0.2) is 11.0 Å². The van der Waals surface area contributed by atoms with E-state index in [1.807, 2.05) is 24.3 Å². The normalized spacial score (nSPS) is 15.2. The molecule has 2 heterocycles. The molecule has 2 amide bonds. The Bertz CT molecular complexity index is 1660. The SMILES string of the molecule is Cc1cc(C)c(N2CCCS/C2=N\C(=O)NCCCC(C)c2ccc(-c3ncn(-c4ccc(OC(F)(F)F)cc4)n3)cc2)c(C)c1. The molecule has 3 aromatic carbocycles. The summed E-state index contributed by atoms with van der Waals surface area (Å²) < 4.78 is 42.7. The van der Waals surface area contributed by atoms with E-state index < -0.39 is 6.36 Å². The fourth-order valence-corrected chi connectivity index (χ4v) is 6.58. The Kier molecular flexibility index (Phi) is 10.4. The number of nitrogens with one attached hydrogen (secondary N) is 1. The lowest BCUT2D eigenvalue weighted by atomic mass is 9.95. The van der Waals surface area contributed by atoms with Crippen molar-refractivity contribution in [1.29, 1.82) is 0 Å². The number of urea groups is 1. The summed E-state index contributed by atoms with van der Waals surface area (Å²) in [4.78, 5) is 23.7. The largest absolute Gasteiger partial charge is 0.573 e. The predicted molar refractivity (Wildman–Crippen MR) is 177 cm³/mol. The Balaban J connectivity index is 1.11. The summed E-state index contributed by atoms with van der Waals surface area (Å²) in [7, 11) is 0. The zero-order valence-corrected chi connectivity index (χ0v) is 27.1. The average Bonchev–Trinajstić information content (AvgIpc) is 3.50. The number of carbonyl (C=O) groups is 1. The first kappa shape index (κ1) is 33.1. The summed E-state index contributed by atoms with van der Waals surface area (Å²) in [6.45, 7) is 9.85. The molecule has 1 aromatic heterocycles. The molecule has 0 bridgehead atoms. The first-order valence-corrected chi connectivity index (χ1v) is 16.2. The second kappa shape index (κ2) is 14.4. The molecule has 1 saturated heterocycles. The Morgan fingerprint density at radius 2 is 1.76 bits per heavy atom. The molecule has 0 saturated carbocycles. The fraction of sp³-hybridized carbons (Fsp3) is 0.353. The zero-order chi connectivity index (χ0) is 32.8. The van der Waals surface area contributed by atoms with Gasteiger partial charge < -0.3 is 15.0 Å². The van der Waals surface area contributed by atoms with Crippen molar-refractivity contribution in [3.63, 3.8) is 0 Å². The second-order valence-electron chi connectivity index (χ2n) is 11.4. The molecule has 0 radical (unpaired) electrons. The smallest absolute Gasteiger partial charge is 0.406 e. The molecule has 242 valence electrons. The molecule has 12 heteroatoms. The average molecular weight is 651 g/mol. The number of halogens is 3. The highest BCUT2D eigenvalue weighted by Gasteiger charge is 2.31. The number of anilines is 1. The number of aliphatic imine (C=N–C) groups is 1. The van der Waals surface area contributed by atoms with Crippen LogP contribution in [0.1, 0.15) is 54.4 Å². The lowest BCUT2D eigenvalue weighted by Gasteiger charge is -2.32. The standard InChI is InChI=1S/C34H37F3N6O2S/c1-22-19-24(3)30(25(4)20-22)42-17-6-18-46-33(42)40-32(44)38-16-5-7-23(2)26-8-10-27(11-9-26)31-39-21-43(41-31)28-12-14-29(15-13-28)45-34(35,36)37/h8-15,19-21,23H,5-7,16-18H2,1-4H3,(H,38,44)/b40-33-. The van der Waals surface area contributed by atoms with Gasteiger partial charge in [-0.1, -0.05) is 60.6 Å². The minimum Gasteiger partial charge on any atom is -0.406 e. The first-order chi connectivity index (χ1) is 22.0. The van der Waals surface area contributed by atoms with Crippen molar-refractivity contribution in [2.24, 2.45) is 4.99 Å². The van der Waals surface area contributed by atoms with Crippen molar-refractivity contribution < 1.29 is 22.7 Å². The van der Waals surface area contributed by atoms with Crippen LogP contribution in [-0.2, 0) is 0 Å². The molecule has 5 rings (SSSR count). The molecule has 1 aliphatic rings. The lowest BCUT2D eigenvalue weighted by molar-refractivity contribution is -0.274. The minimum absolute atomic E-state index is 0.275. The number of amidine groups is 1. The summed E-state index contributed by atoms with van der Waals surface area (Å²) in [6.07, 6.45) is -0.488. The highest BCUT2D eigenvalue weighted by Crippen LogP contribution is 2.32. The Labute approximate surface area is 271 Å². The van der Waals surface area contributed by atoms with Gasteiger partial charge in [-0.25, -0.2) is 14.5 Å². The van der Waals surface area contributed by atoms with Crippen LogP contribution < -0.4 is 15.0 Å². The van der Waals surface area contributed by atoms with Crippen LogP contribution in [-0.4, -0.2) is 51.2 Å². The van der Waals surface area contributed by atoms with E-state index in [9.17, 15) is 18.0 Å². The van der Waals surface area contributed by atoms with Crippen molar-refractivity contribution in [2.45, 2.75) is 59.2 Å². The highest BCUT2D eigenvalue weighted by molar-refractivity contribution is 8.14. The van der Waals surface area contributed by atoms with E-state index in [4.69, 9.17) is 0 Å². The van der Waals surface area contributed by atoms with Gasteiger partial charge in [0.1, 0.15) is 12.1 Å². The first-order valence-electron chi connectivity index (χ1n) is 15.2. The quantitative estimate of drug-likeness (QED) is 0.183. The molecule has 1 aliphatic heterocycles. The van der Waals surface area contributed by atoms with E-state index >= 15 is 0 Å². The minimum atomic E-state index is -4.74. The van der Waals surface area contributed by atoms with Gasteiger partial charge in [0.2, 0.25) is 0 Å². The van der Waals surface area contributed by atoms with Crippen molar-refractivity contribution in [1.82, 2.24) is 20.1 Å². The van der Waals surface area contributed by atoms with Crippen LogP contribution in [0.25, 0.3) is 17.1 Å². The van der Waals surface area contributed by atoms with Gasteiger partial charge in [-0.05, 0) is 86.9 Å². The van der Waals surface area contributed by atoms with E-state index in [1.54, 1.807) is 11.8 Å². The molecular formula is C34H37F3N6O2S. The Morgan fingerprint density at radius 3 is 2.43 bits per heavy atom. The summed E-state index contributed by atoms with van der Waals surface area (Å²) in [5.74, 6) is 1.42. The van der Waals surface area contributed by atoms with Gasteiger partial charge in [0, 0.05) is 30.1 Å². The number of amides is 2. The van der Waals surface area contributed by atoms with Crippen molar-refractivity contribution >= 4 is 28.6 Å². The molecule has 1 unspecified atom stereocenters. The van der Waals surface area contributed by atoms with E-state index in [0.717, 1.165) is 53.5 Å². The third kappa shape index (κ3) is 8.48. The van der Waals surface area contributed by atoms with Crippen LogP contribution in [0, 0.1) is 20.8 Å². The van der Waals surface area contributed by atoms with Gasteiger partial charge >= 0.3 is 12.4 Å². The Morgan fingerprint density at radius 1 is 1.07 bits per heavy atom. The zero-order valence-electron chi connectivity index (χ0n) is 26.3. The molecular weight excluding hydrogens is 613 g/mol. The van der Waals surface area contributed by atoms with Crippen molar-refractivity contribution in [3.05, 3.63) is 89.2 Å². The number of hydrogen-bond donors (Lipinski definition) is 1. The predicted octanol–water partition coefficient (Wildman–Crippen LogP) is 8.35. The van der Waals surface area contributed by atoms with E-state index in [-0.39, 0.29) is 17.7 Å². The Hall–Kier alpha value is -4.32. The number of hydrogen-bond acceptors (Lipinski definition) is 5. The number of nitrogens with zero attached hydrogens (tertiary/aromatic N) is 5. The molecule has 46 heavy (non-hydrogen) atoms. The maximum absolute atomic E-state index is 12.8. The monoisotopic (exact) mass is 650 g/mol. The molecule has 1 fully saturated rings. The third-order valence-corrected chi connectivity index (χ3v) is 8.81. The van der Waals surface area contributed by atoms with Crippen LogP contribution in [0.5, 0.6) is 5.75 Å². The van der Waals surface area contributed by atoms with Crippen LogP contribution in [0.3, 0.4) is 0 Å². The summed E-state index contributed by atoms with van der Waals surface area (Å²) in [5, 5.41) is 8.18. The number of carbonyl (C=O) groups excluding carboxylic acids is 1. The van der Waals surface area contributed by atoms with Gasteiger partial charge in [0.05, 0.1) is 5.69 Å². The maximum atomic E-state index is 12.8. The molecule has 0 aliphatic carbocycles. The van der Waals surface area contributed by atoms with E-state index in [1.165, 1.54) is 52.0 Å². The number of aryl methyl sites for hydroxylation is 3. The van der Waals surface area contributed by atoms with Gasteiger partial charge in [-0.15, -0.1) is 18.3 Å². The van der Waals surface area contributed by atoms with Crippen molar-refractivity contribution in [3.8, 4) is 22.8 Å². The number of rotatable bonds is 9. The number of thioether (sulfide) groups is 1. The number of ether oxygens (including phenoxy) is 1. The van der Waals surface area contributed by atoms with Gasteiger partial charge in [0.25, 0.3) is 0 Å². The summed E-state index contributed by atoms with van der Waals surface area (Å²) in [5.41, 5.74) is 7.28. The van der Waals surface area contributed by atoms with E-state index in [0.29, 0.717) is 18.1 Å². The van der Waals surface area contributed by atoms with Crippen LogP contribution in [0.2, 0.25) is 0 Å². The van der Waals surface area contributed by atoms with Gasteiger partial charge in [-0.3, -0.25) is 0 Å². The third-order valence-electron chi connectivity index (χ3n) is 7.75. The number of benzene rings is 3.